The van der Waals surface area contributed by atoms with Gasteiger partial charge in [0.15, 0.2) is 0 Å². The zero-order valence-corrected chi connectivity index (χ0v) is 11.5. The van der Waals surface area contributed by atoms with Gasteiger partial charge in [0.05, 0.1) is 5.92 Å². The molecule has 0 aromatic carbocycles. The third-order valence-electron chi connectivity index (χ3n) is 3.00. The molecule has 19 heavy (non-hydrogen) atoms. The highest BCUT2D eigenvalue weighted by molar-refractivity contribution is 7.99. The lowest BCUT2D eigenvalue weighted by atomic mass is 9.96. The number of likely N-dealkylation sites (tertiary alicyclic amines) is 1. The molecule has 1 heterocycles. The van der Waals surface area contributed by atoms with Crippen LogP contribution in [0.5, 0.6) is 0 Å². The van der Waals surface area contributed by atoms with E-state index in [2.05, 4.69) is 11.9 Å². The summed E-state index contributed by atoms with van der Waals surface area (Å²) in [5.74, 6) is 0.337. The van der Waals surface area contributed by atoms with Gasteiger partial charge in [0, 0.05) is 31.1 Å². The van der Waals surface area contributed by atoms with Crippen molar-refractivity contribution in [1.82, 2.24) is 10.2 Å². The van der Waals surface area contributed by atoms with Crippen LogP contribution in [0.1, 0.15) is 12.8 Å². The van der Waals surface area contributed by atoms with Crippen molar-refractivity contribution in [3.8, 4) is 0 Å². The van der Waals surface area contributed by atoms with Crippen molar-refractivity contribution in [2.75, 3.05) is 31.1 Å². The molecule has 110 valence electrons. The van der Waals surface area contributed by atoms with Crippen LogP contribution in [0.2, 0.25) is 0 Å². The number of alkyl halides is 3. The summed E-state index contributed by atoms with van der Waals surface area (Å²) in [6.07, 6.45) is -2.34. The number of piperidine rings is 1. The van der Waals surface area contributed by atoms with E-state index in [0.717, 1.165) is 11.5 Å². The summed E-state index contributed by atoms with van der Waals surface area (Å²) in [7, 11) is 0. The van der Waals surface area contributed by atoms with Crippen LogP contribution >= 0.6 is 11.8 Å². The molecule has 0 aliphatic carbocycles. The van der Waals surface area contributed by atoms with E-state index in [0.29, 0.717) is 6.54 Å². The van der Waals surface area contributed by atoms with Gasteiger partial charge in [0.25, 0.3) is 0 Å². The average molecular weight is 296 g/mol. The molecule has 0 unspecified atom stereocenters. The van der Waals surface area contributed by atoms with Gasteiger partial charge in [-0.2, -0.15) is 24.9 Å². The van der Waals surface area contributed by atoms with Crippen LogP contribution in [0.25, 0.3) is 0 Å². The van der Waals surface area contributed by atoms with Crippen LogP contribution in [0.15, 0.2) is 12.7 Å². The van der Waals surface area contributed by atoms with Gasteiger partial charge in [-0.25, -0.2) is 4.79 Å². The van der Waals surface area contributed by atoms with E-state index in [9.17, 15) is 18.0 Å². The Balaban J connectivity index is 2.20. The second-order valence-corrected chi connectivity index (χ2v) is 5.55. The molecule has 1 rings (SSSR count). The SMILES string of the molecule is C=CCSCCNC(=O)N1CCC(C(F)(F)F)CC1. The fourth-order valence-electron chi connectivity index (χ4n) is 1.92. The molecule has 0 spiro atoms. The largest absolute Gasteiger partial charge is 0.391 e. The smallest absolute Gasteiger partial charge is 0.337 e. The minimum atomic E-state index is -4.14. The molecule has 1 N–H and O–H groups in total. The number of thioether (sulfide) groups is 1. The van der Waals surface area contributed by atoms with E-state index in [1.165, 1.54) is 4.90 Å². The van der Waals surface area contributed by atoms with Crippen molar-refractivity contribution in [2.45, 2.75) is 19.0 Å². The number of carbonyl (C=O) groups excluding carboxylic acids is 1. The number of amides is 2. The first-order valence-electron chi connectivity index (χ1n) is 6.23. The Labute approximate surface area is 115 Å². The number of hydrogen-bond donors (Lipinski definition) is 1. The molecule has 2 amide bonds. The number of urea groups is 1. The zero-order valence-electron chi connectivity index (χ0n) is 10.7. The number of hydrogen-bond acceptors (Lipinski definition) is 2. The molecule has 0 atom stereocenters. The quantitative estimate of drug-likeness (QED) is 0.625. The first kappa shape index (κ1) is 16.2. The maximum Gasteiger partial charge on any atom is 0.391 e. The van der Waals surface area contributed by atoms with E-state index in [4.69, 9.17) is 0 Å². The van der Waals surface area contributed by atoms with Crippen molar-refractivity contribution in [3.63, 3.8) is 0 Å². The fourth-order valence-corrected chi connectivity index (χ4v) is 2.50. The van der Waals surface area contributed by atoms with Gasteiger partial charge >= 0.3 is 12.2 Å². The second-order valence-electron chi connectivity index (χ2n) is 4.40. The third kappa shape index (κ3) is 5.76. The van der Waals surface area contributed by atoms with Gasteiger partial charge in [-0.15, -0.1) is 6.58 Å². The van der Waals surface area contributed by atoms with Gasteiger partial charge in [-0.1, -0.05) is 6.08 Å². The van der Waals surface area contributed by atoms with Crippen LogP contribution in [0.3, 0.4) is 0 Å². The van der Waals surface area contributed by atoms with E-state index in [1.54, 1.807) is 17.8 Å². The summed E-state index contributed by atoms with van der Waals surface area (Å²) in [5.41, 5.74) is 0. The Morgan fingerprint density at radius 1 is 1.42 bits per heavy atom. The minimum absolute atomic E-state index is 0.00212. The maximum atomic E-state index is 12.5. The van der Waals surface area contributed by atoms with Crippen molar-refractivity contribution in [2.24, 2.45) is 5.92 Å². The van der Waals surface area contributed by atoms with Crippen LogP contribution in [-0.4, -0.2) is 48.2 Å². The van der Waals surface area contributed by atoms with E-state index in [-0.39, 0.29) is 32.0 Å². The van der Waals surface area contributed by atoms with Crippen molar-refractivity contribution >= 4 is 17.8 Å². The van der Waals surface area contributed by atoms with Gasteiger partial charge < -0.3 is 10.2 Å². The molecule has 1 aliphatic rings. The highest BCUT2D eigenvalue weighted by Crippen LogP contribution is 2.33. The van der Waals surface area contributed by atoms with Crippen molar-refractivity contribution < 1.29 is 18.0 Å². The predicted molar refractivity (Wildman–Crippen MR) is 71.3 cm³/mol. The number of carbonyl (C=O) groups is 1. The van der Waals surface area contributed by atoms with Gasteiger partial charge in [-0.3, -0.25) is 0 Å². The molecule has 1 saturated heterocycles. The normalized spacial score (nSPS) is 17.3. The summed E-state index contributed by atoms with van der Waals surface area (Å²) < 4.78 is 37.4. The van der Waals surface area contributed by atoms with Crippen LogP contribution in [0.4, 0.5) is 18.0 Å². The maximum absolute atomic E-state index is 12.5. The lowest BCUT2D eigenvalue weighted by molar-refractivity contribution is -0.183. The Hall–Kier alpha value is -0.850. The molecule has 7 heteroatoms. The molecular weight excluding hydrogens is 277 g/mol. The van der Waals surface area contributed by atoms with Gasteiger partial charge in [-0.05, 0) is 12.8 Å². The number of halogens is 3. The molecule has 0 aromatic rings. The minimum Gasteiger partial charge on any atom is -0.337 e. The summed E-state index contributed by atoms with van der Waals surface area (Å²) in [4.78, 5) is 13.2. The molecule has 0 aromatic heterocycles. The fraction of sp³-hybridized carbons (Fsp3) is 0.750. The zero-order chi connectivity index (χ0) is 14.3. The molecular formula is C12H19F3N2OS. The number of rotatable bonds is 5. The monoisotopic (exact) mass is 296 g/mol. The number of nitrogens with zero attached hydrogens (tertiary/aromatic N) is 1. The van der Waals surface area contributed by atoms with Crippen LogP contribution < -0.4 is 5.32 Å². The molecule has 3 nitrogen and oxygen atoms in total. The number of nitrogens with one attached hydrogen (secondary N) is 1. The van der Waals surface area contributed by atoms with E-state index in [1.807, 2.05) is 0 Å². The van der Waals surface area contributed by atoms with Crippen molar-refractivity contribution in [3.05, 3.63) is 12.7 Å². The molecule has 0 saturated carbocycles. The molecule has 0 bridgehead atoms. The summed E-state index contributed by atoms with van der Waals surface area (Å²) in [5, 5.41) is 2.72. The third-order valence-corrected chi connectivity index (χ3v) is 3.97. The second kappa shape index (κ2) is 7.67. The predicted octanol–water partition coefficient (Wildman–Crippen LogP) is 2.89. The standard InChI is InChI=1S/C12H19F3N2OS/c1-2-8-19-9-5-16-11(18)17-6-3-10(4-7-17)12(13,14)15/h2,10H,1,3-9H2,(H,16,18). The Kier molecular flexibility index (Phi) is 6.54. The molecule has 1 aliphatic heterocycles. The topological polar surface area (TPSA) is 32.3 Å². The van der Waals surface area contributed by atoms with Crippen LogP contribution in [-0.2, 0) is 0 Å². The lowest BCUT2D eigenvalue weighted by Crippen LogP contribution is -2.47. The Bertz CT molecular complexity index is 302. The first-order valence-corrected chi connectivity index (χ1v) is 7.38. The van der Waals surface area contributed by atoms with E-state index < -0.39 is 12.1 Å². The van der Waals surface area contributed by atoms with Gasteiger partial charge in [0.2, 0.25) is 0 Å². The molecule has 1 fully saturated rings. The Morgan fingerprint density at radius 3 is 2.58 bits per heavy atom. The molecule has 0 radical (unpaired) electrons. The lowest BCUT2D eigenvalue weighted by Gasteiger charge is -2.32. The van der Waals surface area contributed by atoms with Crippen molar-refractivity contribution in [1.29, 1.82) is 0 Å². The highest BCUT2D eigenvalue weighted by Gasteiger charge is 2.41. The summed E-state index contributed by atoms with van der Waals surface area (Å²) in [6, 6.07) is -0.264. The van der Waals surface area contributed by atoms with Crippen LogP contribution in [0, 0.1) is 5.92 Å². The highest BCUT2D eigenvalue weighted by atomic mass is 32.2. The van der Waals surface area contributed by atoms with Gasteiger partial charge in [0.1, 0.15) is 0 Å². The van der Waals surface area contributed by atoms with E-state index >= 15 is 0 Å². The first-order chi connectivity index (χ1) is 8.95. The summed E-state index contributed by atoms with van der Waals surface area (Å²) in [6.45, 7) is 4.46. The Morgan fingerprint density at radius 2 is 2.05 bits per heavy atom. The average Bonchev–Trinajstić information content (AvgIpc) is 2.37. The summed E-state index contributed by atoms with van der Waals surface area (Å²) >= 11 is 1.65.